The molecule has 0 saturated heterocycles. The molecule has 0 unspecified atom stereocenters. The van der Waals surface area contributed by atoms with E-state index in [0.29, 0.717) is 18.5 Å². The minimum Gasteiger partial charge on any atom is -0.406 e. The number of hydrogen-bond donors (Lipinski definition) is 2. The monoisotopic (exact) mass is 348 g/mol. The highest BCUT2D eigenvalue weighted by molar-refractivity contribution is 14.1. The quantitative estimate of drug-likeness (QED) is 0.831. The van der Waals surface area contributed by atoms with Crippen molar-refractivity contribution in [2.24, 2.45) is 0 Å². The van der Waals surface area contributed by atoms with Gasteiger partial charge in [-0.2, -0.15) is 0 Å². The average Bonchev–Trinajstić information content (AvgIpc) is 2.71. The Labute approximate surface area is 111 Å². The lowest BCUT2D eigenvalue weighted by Crippen LogP contribution is -2.04. The summed E-state index contributed by atoms with van der Waals surface area (Å²) < 4.78 is 19.0. The maximum absolute atomic E-state index is 12.9. The maximum Gasteiger partial charge on any atom is 0.320 e. The number of benzene rings is 1. The second-order valence-electron chi connectivity index (χ2n) is 3.28. The Morgan fingerprint density at radius 1 is 1.41 bits per heavy atom. The third kappa shape index (κ3) is 3.13. The van der Waals surface area contributed by atoms with Crippen molar-refractivity contribution in [3.8, 4) is 0 Å². The van der Waals surface area contributed by atoms with E-state index in [2.05, 4.69) is 20.8 Å². The number of hydrogen-bond acceptors (Lipinski definition) is 5. The molecule has 2 aromatic rings. The molecule has 0 bridgehead atoms. The number of aromatic nitrogens is 2. The van der Waals surface area contributed by atoms with Crippen LogP contribution in [0.5, 0.6) is 0 Å². The normalized spacial score (nSPS) is 10.5. The third-order valence-electron chi connectivity index (χ3n) is 1.97. The minimum atomic E-state index is -0.277. The number of anilines is 2. The number of nitrogens with one attached hydrogen (secondary N) is 2. The molecule has 0 aliphatic carbocycles. The summed E-state index contributed by atoms with van der Waals surface area (Å²) in [5.41, 5.74) is 0.728. The molecule has 0 atom stereocenters. The zero-order chi connectivity index (χ0) is 12.3. The van der Waals surface area contributed by atoms with Crippen LogP contribution in [0.15, 0.2) is 22.6 Å². The van der Waals surface area contributed by atoms with Crippen LogP contribution in [0.25, 0.3) is 0 Å². The maximum atomic E-state index is 12.9. The van der Waals surface area contributed by atoms with Gasteiger partial charge in [-0.05, 0) is 47.8 Å². The van der Waals surface area contributed by atoms with Crippen LogP contribution >= 0.6 is 22.6 Å². The summed E-state index contributed by atoms with van der Waals surface area (Å²) in [6, 6.07) is 4.71. The first-order chi connectivity index (χ1) is 8.19. The SMILES string of the molecule is CNCc1nnc(Nc2ccc(F)cc2I)o1. The van der Waals surface area contributed by atoms with Gasteiger partial charge in [0.15, 0.2) is 0 Å². The first-order valence-corrected chi connectivity index (χ1v) is 5.96. The number of nitrogens with zero attached hydrogens (tertiary/aromatic N) is 2. The largest absolute Gasteiger partial charge is 0.406 e. The minimum absolute atomic E-state index is 0.277. The van der Waals surface area contributed by atoms with Gasteiger partial charge >= 0.3 is 6.01 Å². The van der Waals surface area contributed by atoms with Gasteiger partial charge in [0.05, 0.1) is 12.2 Å². The highest BCUT2D eigenvalue weighted by Crippen LogP contribution is 2.22. The smallest absolute Gasteiger partial charge is 0.320 e. The summed E-state index contributed by atoms with van der Waals surface area (Å²) >= 11 is 2.03. The van der Waals surface area contributed by atoms with Gasteiger partial charge in [0.25, 0.3) is 0 Å². The van der Waals surface area contributed by atoms with Crippen molar-refractivity contribution in [3.63, 3.8) is 0 Å². The van der Waals surface area contributed by atoms with Crippen LogP contribution in [0.1, 0.15) is 5.89 Å². The Morgan fingerprint density at radius 3 is 2.94 bits per heavy atom. The van der Waals surface area contributed by atoms with Gasteiger partial charge in [0.1, 0.15) is 5.82 Å². The Balaban J connectivity index is 2.13. The number of halogens is 2. The topological polar surface area (TPSA) is 63.0 Å². The molecule has 0 radical (unpaired) electrons. The Bertz CT molecular complexity index is 517. The second kappa shape index (κ2) is 5.41. The molecule has 5 nitrogen and oxygen atoms in total. The molecule has 1 aromatic carbocycles. The molecule has 0 spiro atoms. The molecule has 1 heterocycles. The fourth-order valence-corrected chi connectivity index (χ4v) is 1.84. The fourth-order valence-electron chi connectivity index (χ4n) is 1.23. The molecule has 0 fully saturated rings. The average molecular weight is 348 g/mol. The lowest BCUT2D eigenvalue weighted by molar-refractivity contribution is 0.493. The van der Waals surface area contributed by atoms with E-state index in [1.54, 1.807) is 13.1 Å². The Kier molecular flexibility index (Phi) is 3.89. The van der Waals surface area contributed by atoms with Crippen LogP contribution in [0.2, 0.25) is 0 Å². The van der Waals surface area contributed by atoms with Crippen LogP contribution in [-0.4, -0.2) is 17.2 Å². The molecule has 0 saturated carbocycles. The van der Waals surface area contributed by atoms with Gasteiger partial charge in [-0.15, -0.1) is 5.10 Å². The van der Waals surface area contributed by atoms with Gasteiger partial charge in [0.2, 0.25) is 5.89 Å². The zero-order valence-electron chi connectivity index (χ0n) is 9.00. The van der Waals surface area contributed by atoms with Crippen molar-refractivity contribution in [2.45, 2.75) is 6.54 Å². The molecule has 1 aromatic heterocycles. The van der Waals surface area contributed by atoms with Crippen LogP contribution in [-0.2, 0) is 6.54 Å². The van der Waals surface area contributed by atoms with E-state index in [9.17, 15) is 4.39 Å². The molecule has 0 aliphatic rings. The van der Waals surface area contributed by atoms with Crippen molar-refractivity contribution < 1.29 is 8.81 Å². The standard InChI is InChI=1S/C10H10FIN4O/c1-13-5-9-15-16-10(17-9)14-8-3-2-6(11)4-7(8)12/h2-4,13H,5H2,1H3,(H,14,16). The first-order valence-electron chi connectivity index (χ1n) is 4.88. The summed E-state index contributed by atoms with van der Waals surface area (Å²) in [5.74, 6) is 0.216. The summed E-state index contributed by atoms with van der Waals surface area (Å²) in [6.07, 6.45) is 0. The molecular weight excluding hydrogens is 338 g/mol. The van der Waals surface area contributed by atoms with Gasteiger partial charge in [0, 0.05) is 3.57 Å². The molecule has 17 heavy (non-hydrogen) atoms. The first kappa shape index (κ1) is 12.2. The molecule has 90 valence electrons. The van der Waals surface area contributed by atoms with E-state index in [1.165, 1.54) is 12.1 Å². The van der Waals surface area contributed by atoms with E-state index in [1.807, 2.05) is 22.6 Å². The lowest BCUT2D eigenvalue weighted by atomic mass is 10.3. The predicted octanol–water partition coefficient (Wildman–Crippen LogP) is 2.28. The summed E-state index contributed by atoms with van der Waals surface area (Å²) in [6.45, 7) is 0.509. The zero-order valence-corrected chi connectivity index (χ0v) is 11.2. The van der Waals surface area contributed by atoms with E-state index in [4.69, 9.17) is 4.42 Å². The van der Waals surface area contributed by atoms with Crippen LogP contribution in [0, 0.1) is 9.39 Å². The Hall–Kier alpha value is -1.22. The third-order valence-corrected chi connectivity index (χ3v) is 2.86. The van der Waals surface area contributed by atoms with Crippen LogP contribution < -0.4 is 10.6 Å². The molecule has 0 aliphatic heterocycles. The highest BCUT2D eigenvalue weighted by atomic mass is 127. The van der Waals surface area contributed by atoms with Crippen molar-refractivity contribution in [1.82, 2.24) is 15.5 Å². The van der Waals surface area contributed by atoms with Crippen molar-refractivity contribution >= 4 is 34.3 Å². The van der Waals surface area contributed by atoms with E-state index in [0.717, 1.165) is 9.26 Å². The van der Waals surface area contributed by atoms with Gasteiger partial charge in [-0.25, -0.2) is 4.39 Å². The van der Waals surface area contributed by atoms with E-state index >= 15 is 0 Å². The van der Waals surface area contributed by atoms with E-state index < -0.39 is 0 Å². The van der Waals surface area contributed by atoms with Crippen LogP contribution in [0.4, 0.5) is 16.1 Å². The summed E-state index contributed by atoms with van der Waals surface area (Å²) in [4.78, 5) is 0. The molecule has 2 rings (SSSR count). The summed E-state index contributed by atoms with van der Waals surface area (Å²) in [7, 11) is 1.79. The predicted molar refractivity (Wildman–Crippen MR) is 69.5 cm³/mol. The van der Waals surface area contributed by atoms with Crippen molar-refractivity contribution in [3.05, 3.63) is 33.5 Å². The van der Waals surface area contributed by atoms with Crippen molar-refractivity contribution in [2.75, 3.05) is 12.4 Å². The van der Waals surface area contributed by atoms with Gasteiger partial charge in [-0.3, -0.25) is 0 Å². The van der Waals surface area contributed by atoms with E-state index in [-0.39, 0.29) is 5.82 Å². The summed E-state index contributed by atoms with van der Waals surface area (Å²) in [5, 5.41) is 13.5. The highest BCUT2D eigenvalue weighted by Gasteiger charge is 2.07. The van der Waals surface area contributed by atoms with Gasteiger partial charge in [-0.1, -0.05) is 5.10 Å². The number of rotatable bonds is 4. The Morgan fingerprint density at radius 2 is 2.24 bits per heavy atom. The second-order valence-corrected chi connectivity index (χ2v) is 4.44. The lowest BCUT2D eigenvalue weighted by Gasteiger charge is -2.03. The fraction of sp³-hybridized carbons (Fsp3) is 0.200. The van der Waals surface area contributed by atoms with Crippen molar-refractivity contribution in [1.29, 1.82) is 0 Å². The molecule has 0 amide bonds. The van der Waals surface area contributed by atoms with Gasteiger partial charge < -0.3 is 15.1 Å². The molecule has 2 N–H and O–H groups in total. The van der Waals surface area contributed by atoms with Crippen LogP contribution in [0.3, 0.4) is 0 Å². The molecule has 7 heteroatoms. The molecular formula is C10H10FIN4O.